The molecule has 17 heavy (non-hydrogen) atoms. The van der Waals surface area contributed by atoms with E-state index in [-0.39, 0.29) is 0 Å². The Morgan fingerprint density at radius 2 is 2.00 bits per heavy atom. The monoisotopic (exact) mass is 236 g/mol. The van der Waals surface area contributed by atoms with Gasteiger partial charge in [-0.15, -0.1) is 11.8 Å². The number of nitrogens with zero attached hydrogens (tertiary/aromatic N) is 1. The average Bonchev–Trinajstić information content (AvgIpc) is 2.39. The highest BCUT2D eigenvalue weighted by Gasteiger charge is 2.35. The third kappa shape index (κ3) is 3.72. The molecule has 1 aliphatic rings. The minimum absolute atomic E-state index is 0.339. The fraction of sp³-hybridized carbons (Fsp3) is 0.867. The minimum atomic E-state index is 0.339. The Labute approximate surface area is 107 Å². The summed E-state index contributed by atoms with van der Waals surface area (Å²) in [7, 11) is 0. The molecule has 0 amide bonds. The Morgan fingerprint density at radius 3 is 2.53 bits per heavy atom. The van der Waals surface area contributed by atoms with Crippen molar-refractivity contribution in [3.63, 3.8) is 0 Å². The molecule has 0 bridgehead atoms. The third-order valence-electron chi connectivity index (χ3n) is 4.26. The summed E-state index contributed by atoms with van der Waals surface area (Å²) in [5.41, 5.74) is 0.339. The molecule has 0 spiro atoms. The minimum Gasteiger partial charge on any atom is -0.308 e. The molecular formula is C15H28N2. The first-order valence-corrected chi connectivity index (χ1v) is 7.10. The maximum Gasteiger partial charge on any atom is 0.0304 e. The lowest BCUT2D eigenvalue weighted by atomic mass is 9.88. The van der Waals surface area contributed by atoms with E-state index >= 15 is 0 Å². The zero-order valence-electron chi connectivity index (χ0n) is 12.0. The number of hydrogen-bond acceptors (Lipinski definition) is 2. The van der Waals surface area contributed by atoms with Crippen LogP contribution in [-0.2, 0) is 0 Å². The van der Waals surface area contributed by atoms with Crippen LogP contribution in [0.3, 0.4) is 0 Å². The van der Waals surface area contributed by atoms with E-state index in [1.807, 2.05) is 6.92 Å². The van der Waals surface area contributed by atoms with Gasteiger partial charge in [-0.1, -0.05) is 20.8 Å². The highest BCUT2D eigenvalue weighted by molar-refractivity contribution is 4.99. The second-order valence-corrected chi connectivity index (χ2v) is 5.08. The molecule has 1 aliphatic heterocycles. The lowest BCUT2D eigenvalue weighted by Gasteiger charge is -2.47. The Morgan fingerprint density at radius 1 is 1.29 bits per heavy atom. The fourth-order valence-corrected chi connectivity index (χ4v) is 2.75. The molecule has 1 unspecified atom stereocenters. The van der Waals surface area contributed by atoms with Crippen molar-refractivity contribution in [2.24, 2.45) is 0 Å². The SMILES string of the molecule is CC#CCCN1CC(CC)(CC)NCC1CC. The summed E-state index contributed by atoms with van der Waals surface area (Å²) in [5, 5.41) is 3.78. The van der Waals surface area contributed by atoms with Crippen molar-refractivity contribution in [1.82, 2.24) is 10.2 Å². The summed E-state index contributed by atoms with van der Waals surface area (Å²) in [4.78, 5) is 2.65. The van der Waals surface area contributed by atoms with Crippen molar-refractivity contribution in [2.75, 3.05) is 19.6 Å². The Bertz CT molecular complexity index is 270. The van der Waals surface area contributed by atoms with Gasteiger partial charge in [-0.05, 0) is 26.2 Å². The number of piperazine rings is 1. The summed E-state index contributed by atoms with van der Waals surface area (Å²) < 4.78 is 0. The van der Waals surface area contributed by atoms with E-state index in [2.05, 4.69) is 42.8 Å². The third-order valence-corrected chi connectivity index (χ3v) is 4.26. The lowest BCUT2D eigenvalue weighted by molar-refractivity contribution is 0.0726. The predicted molar refractivity (Wildman–Crippen MR) is 75.0 cm³/mol. The van der Waals surface area contributed by atoms with Crippen molar-refractivity contribution in [3.8, 4) is 11.8 Å². The molecule has 98 valence electrons. The molecular weight excluding hydrogens is 208 g/mol. The van der Waals surface area contributed by atoms with Crippen LogP contribution in [0.15, 0.2) is 0 Å². The lowest BCUT2D eigenvalue weighted by Crippen LogP contribution is -2.63. The van der Waals surface area contributed by atoms with Gasteiger partial charge in [0.1, 0.15) is 0 Å². The van der Waals surface area contributed by atoms with Crippen molar-refractivity contribution in [2.45, 2.75) is 65.0 Å². The van der Waals surface area contributed by atoms with E-state index in [4.69, 9.17) is 0 Å². The quantitative estimate of drug-likeness (QED) is 0.738. The van der Waals surface area contributed by atoms with Gasteiger partial charge in [0.05, 0.1) is 0 Å². The van der Waals surface area contributed by atoms with E-state index in [9.17, 15) is 0 Å². The van der Waals surface area contributed by atoms with E-state index in [1.165, 1.54) is 25.8 Å². The maximum atomic E-state index is 3.78. The molecule has 1 atom stereocenters. The van der Waals surface area contributed by atoms with Crippen molar-refractivity contribution >= 4 is 0 Å². The second-order valence-electron chi connectivity index (χ2n) is 5.08. The molecule has 1 rings (SSSR count). The molecule has 0 saturated carbocycles. The summed E-state index contributed by atoms with van der Waals surface area (Å²) in [6.07, 6.45) is 4.68. The van der Waals surface area contributed by atoms with Gasteiger partial charge in [-0.2, -0.15) is 0 Å². The van der Waals surface area contributed by atoms with Crippen LogP contribution in [0.1, 0.15) is 53.4 Å². The molecule has 2 heteroatoms. The Balaban J connectivity index is 2.62. The molecule has 0 aromatic heterocycles. The molecule has 0 aliphatic carbocycles. The van der Waals surface area contributed by atoms with Gasteiger partial charge in [0.2, 0.25) is 0 Å². The molecule has 0 aromatic rings. The molecule has 1 fully saturated rings. The predicted octanol–water partition coefficient (Wildman–Crippen LogP) is 2.64. The van der Waals surface area contributed by atoms with Gasteiger partial charge in [-0.3, -0.25) is 4.90 Å². The van der Waals surface area contributed by atoms with Crippen LogP contribution in [0.25, 0.3) is 0 Å². The summed E-state index contributed by atoms with van der Waals surface area (Å²) >= 11 is 0. The molecule has 0 radical (unpaired) electrons. The van der Waals surface area contributed by atoms with Crippen molar-refractivity contribution in [1.29, 1.82) is 0 Å². The summed E-state index contributed by atoms with van der Waals surface area (Å²) in [6.45, 7) is 12.3. The van der Waals surface area contributed by atoms with Gasteiger partial charge >= 0.3 is 0 Å². The zero-order valence-corrected chi connectivity index (χ0v) is 12.0. The van der Waals surface area contributed by atoms with Crippen LogP contribution in [0.4, 0.5) is 0 Å². The van der Waals surface area contributed by atoms with Crippen LogP contribution >= 0.6 is 0 Å². The summed E-state index contributed by atoms with van der Waals surface area (Å²) in [6, 6.07) is 0.694. The maximum absolute atomic E-state index is 3.78. The molecule has 2 nitrogen and oxygen atoms in total. The van der Waals surface area contributed by atoms with Gasteiger partial charge in [0.25, 0.3) is 0 Å². The van der Waals surface area contributed by atoms with Gasteiger partial charge in [0.15, 0.2) is 0 Å². The first-order chi connectivity index (χ1) is 8.21. The van der Waals surface area contributed by atoms with Crippen LogP contribution in [-0.4, -0.2) is 36.1 Å². The normalized spacial score (nSPS) is 24.1. The average molecular weight is 236 g/mol. The first-order valence-electron chi connectivity index (χ1n) is 7.10. The van der Waals surface area contributed by atoms with Crippen LogP contribution in [0.2, 0.25) is 0 Å². The number of rotatable bonds is 5. The van der Waals surface area contributed by atoms with Gasteiger partial charge < -0.3 is 5.32 Å². The largest absolute Gasteiger partial charge is 0.308 e. The smallest absolute Gasteiger partial charge is 0.0304 e. The Kier molecular flexibility index (Phi) is 6.02. The Hall–Kier alpha value is -0.520. The van der Waals surface area contributed by atoms with Crippen molar-refractivity contribution in [3.05, 3.63) is 0 Å². The van der Waals surface area contributed by atoms with Crippen molar-refractivity contribution < 1.29 is 0 Å². The standard InChI is InChI=1S/C15H28N2/c1-5-9-10-11-17-13-15(7-3,8-4)16-12-14(17)6-2/h14,16H,6-8,10-13H2,1-4H3. The van der Waals surface area contributed by atoms with Gasteiger partial charge in [0, 0.05) is 37.6 Å². The first kappa shape index (κ1) is 14.5. The van der Waals surface area contributed by atoms with E-state index in [1.54, 1.807) is 0 Å². The number of hydrogen-bond donors (Lipinski definition) is 1. The highest BCUT2D eigenvalue weighted by Crippen LogP contribution is 2.23. The fourth-order valence-electron chi connectivity index (χ4n) is 2.75. The van der Waals surface area contributed by atoms with Crippen LogP contribution in [0.5, 0.6) is 0 Å². The molecule has 1 saturated heterocycles. The zero-order chi connectivity index (χ0) is 12.7. The van der Waals surface area contributed by atoms with Crippen LogP contribution in [0, 0.1) is 11.8 Å². The van der Waals surface area contributed by atoms with E-state index in [0.29, 0.717) is 11.6 Å². The van der Waals surface area contributed by atoms with Gasteiger partial charge in [-0.25, -0.2) is 0 Å². The number of nitrogens with one attached hydrogen (secondary N) is 1. The van der Waals surface area contributed by atoms with E-state index in [0.717, 1.165) is 19.5 Å². The topological polar surface area (TPSA) is 15.3 Å². The molecule has 1 heterocycles. The second kappa shape index (κ2) is 7.03. The highest BCUT2D eigenvalue weighted by atomic mass is 15.2. The molecule has 0 aromatic carbocycles. The van der Waals surface area contributed by atoms with E-state index < -0.39 is 0 Å². The summed E-state index contributed by atoms with van der Waals surface area (Å²) in [5.74, 6) is 6.19. The van der Waals surface area contributed by atoms with Crippen LogP contribution < -0.4 is 5.32 Å². The molecule has 1 N–H and O–H groups in total.